The number of carbonyl (C=O) groups excluding carboxylic acids is 1. The lowest BCUT2D eigenvalue weighted by Crippen LogP contribution is -2.37. The van der Waals surface area contributed by atoms with E-state index in [1.165, 1.54) is 0 Å². The SMILES string of the molecule is Cc1cccc(O[C@@H](C)C(=O)N[C@@H](C)c2ccccc2)c1C. The number of rotatable bonds is 5. The van der Waals surface area contributed by atoms with E-state index in [4.69, 9.17) is 4.74 Å². The molecule has 3 nitrogen and oxygen atoms in total. The van der Waals surface area contributed by atoms with E-state index in [2.05, 4.69) is 5.32 Å². The smallest absolute Gasteiger partial charge is 0.261 e. The Balaban J connectivity index is 1.99. The van der Waals surface area contributed by atoms with Crippen LogP contribution in [0.4, 0.5) is 0 Å². The van der Waals surface area contributed by atoms with Crippen molar-refractivity contribution in [2.45, 2.75) is 39.8 Å². The molecule has 1 amide bonds. The van der Waals surface area contributed by atoms with Crippen molar-refractivity contribution in [1.82, 2.24) is 5.32 Å². The van der Waals surface area contributed by atoms with E-state index in [-0.39, 0.29) is 11.9 Å². The van der Waals surface area contributed by atoms with Gasteiger partial charge in [0, 0.05) is 0 Å². The number of ether oxygens (including phenoxy) is 1. The molecule has 1 N–H and O–H groups in total. The van der Waals surface area contributed by atoms with Crippen LogP contribution < -0.4 is 10.1 Å². The lowest BCUT2D eigenvalue weighted by atomic mass is 10.1. The van der Waals surface area contributed by atoms with Gasteiger partial charge in [-0.05, 0) is 50.5 Å². The molecule has 0 saturated carbocycles. The molecule has 0 fully saturated rings. The number of hydrogen-bond acceptors (Lipinski definition) is 2. The summed E-state index contributed by atoms with van der Waals surface area (Å²) in [6.07, 6.45) is -0.535. The first-order valence-electron chi connectivity index (χ1n) is 7.57. The summed E-state index contributed by atoms with van der Waals surface area (Å²) < 4.78 is 5.81. The number of aryl methyl sites for hydroxylation is 1. The molecule has 0 aliphatic rings. The topological polar surface area (TPSA) is 38.3 Å². The molecule has 0 radical (unpaired) electrons. The Hall–Kier alpha value is -2.29. The highest BCUT2D eigenvalue weighted by Crippen LogP contribution is 2.22. The highest BCUT2D eigenvalue weighted by Gasteiger charge is 2.18. The Bertz CT molecular complexity index is 637. The molecule has 116 valence electrons. The maximum absolute atomic E-state index is 12.3. The van der Waals surface area contributed by atoms with Crippen LogP contribution in [0, 0.1) is 13.8 Å². The van der Waals surface area contributed by atoms with Crippen molar-refractivity contribution in [2.24, 2.45) is 0 Å². The quantitative estimate of drug-likeness (QED) is 0.907. The second-order valence-corrected chi connectivity index (χ2v) is 5.60. The minimum Gasteiger partial charge on any atom is -0.481 e. The fraction of sp³-hybridized carbons (Fsp3) is 0.316. The lowest BCUT2D eigenvalue weighted by molar-refractivity contribution is -0.127. The first-order valence-corrected chi connectivity index (χ1v) is 7.57. The van der Waals surface area contributed by atoms with E-state index in [0.717, 1.165) is 22.4 Å². The van der Waals surface area contributed by atoms with Crippen molar-refractivity contribution >= 4 is 5.91 Å². The van der Waals surface area contributed by atoms with Gasteiger partial charge in [-0.3, -0.25) is 4.79 Å². The van der Waals surface area contributed by atoms with Gasteiger partial charge >= 0.3 is 0 Å². The van der Waals surface area contributed by atoms with Gasteiger partial charge < -0.3 is 10.1 Å². The first-order chi connectivity index (χ1) is 10.5. The number of nitrogens with one attached hydrogen (secondary N) is 1. The maximum atomic E-state index is 12.3. The first kappa shape index (κ1) is 16.1. The predicted molar refractivity (Wildman–Crippen MR) is 89.0 cm³/mol. The highest BCUT2D eigenvalue weighted by molar-refractivity contribution is 5.81. The van der Waals surface area contributed by atoms with Crippen LogP contribution in [-0.2, 0) is 4.79 Å². The zero-order valence-corrected chi connectivity index (χ0v) is 13.6. The van der Waals surface area contributed by atoms with Crippen LogP contribution in [-0.4, -0.2) is 12.0 Å². The van der Waals surface area contributed by atoms with Gasteiger partial charge in [-0.2, -0.15) is 0 Å². The van der Waals surface area contributed by atoms with Gasteiger partial charge in [0.25, 0.3) is 5.91 Å². The summed E-state index contributed by atoms with van der Waals surface area (Å²) in [4.78, 5) is 12.3. The van der Waals surface area contributed by atoms with Gasteiger partial charge in [0.15, 0.2) is 6.10 Å². The van der Waals surface area contributed by atoms with Crippen molar-refractivity contribution < 1.29 is 9.53 Å². The van der Waals surface area contributed by atoms with Crippen molar-refractivity contribution in [2.75, 3.05) is 0 Å². The molecular formula is C19H23NO2. The largest absolute Gasteiger partial charge is 0.481 e. The van der Waals surface area contributed by atoms with Crippen LogP contribution in [0.3, 0.4) is 0 Å². The van der Waals surface area contributed by atoms with Crippen molar-refractivity contribution in [1.29, 1.82) is 0 Å². The van der Waals surface area contributed by atoms with Gasteiger partial charge in [0.2, 0.25) is 0 Å². The van der Waals surface area contributed by atoms with E-state index in [9.17, 15) is 4.79 Å². The third kappa shape index (κ3) is 3.88. The molecule has 0 heterocycles. The predicted octanol–water partition coefficient (Wildman–Crippen LogP) is 3.95. The zero-order valence-electron chi connectivity index (χ0n) is 13.6. The minimum atomic E-state index is -0.535. The highest BCUT2D eigenvalue weighted by atomic mass is 16.5. The molecule has 0 aliphatic heterocycles. The maximum Gasteiger partial charge on any atom is 0.261 e. The van der Waals surface area contributed by atoms with Gasteiger partial charge in [-0.25, -0.2) is 0 Å². The lowest BCUT2D eigenvalue weighted by Gasteiger charge is -2.20. The molecular weight excluding hydrogens is 274 g/mol. The summed E-state index contributed by atoms with van der Waals surface area (Å²) >= 11 is 0. The van der Waals surface area contributed by atoms with E-state index in [1.54, 1.807) is 6.92 Å². The van der Waals surface area contributed by atoms with Crippen LogP contribution in [0.5, 0.6) is 5.75 Å². The molecule has 22 heavy (non-hydrogen) atoms. The molecule has 0 aliphatic carbocycles. The summed E-state index contributed by atoms with van der Waals surface area (Å²) in [6.45, 7) is 7.78. The summed E-state index contributed by atoms with van der Waals surface area (Å²) in [7, 11) is 0. The molecule has 0 bridgehead atoms. The average molecular weight is 297 g/mol. The second kappa shape index (κ2) is 7.12. The Morgan fingerprint density at radius 1 is 1.00 bits per heavy atom. The van der Waals surface area contributed by atoms with Gasteiger partial charge in [0.1, 0.15) is 5.75 Å². The number of benzene rings is 2. The van der Waals surface area contributed by atoms with Crippen molar-refractivity contribution in [3.8, 4) is 5.75 Å². The fourth-order valence-electron chi connectivity index (χ4n) is 2.25. The molecule has 2 aromatic carbocycles. The van der Waals surface area contributed by atoms with Crippen molar-refractivity contribution in [3.05, 3.63) is 65.2 Å². The Morgan fingerprint density at radius 2 is 1.68 bits per heavy atom. The summed E-state index contributed by atoms with van der Waals surface area (Å²) in [6, 6.07) is 15.7. The van der Waals surface area contributed by atoms with Crippen LogP contribution in [0.25, 0.3) is 0 Å². The summed E-state index contributed by atoms with van der Waals surface area (Å²) in [5.74, 6) is 0.646. The van der Waals surface area contributed by atoms with E-state index < -0.39 is 6.10 Å². The van der Waals surface area contributed by atoms with Crippen LogP contribution in [0.15, 0.2) is 48.5 Å². The Morgan fingerprint density at radius 3 is 2.36 bits per heavy atom. The zero-order chi connectivity index (χ0) is 16.1. The number of amides is 1. The van der Waals surface area contributed by atoms with E-state index >= 15 is 0 Å². The summed E-state index contributed by atoms with van der Waals surface area (Å²) in [5.41, 5.74) is 3.30. The normalized spacial score (nSPS) is 13.3. The number of carbonyl (C=O) groups is 1. The monoisotopic (exact) mass is 297 g/mol. The molecule has 3 heteroatoms. The third-order valence-corrected chi connectivity index (χ3v) is 3.89. The molecule has 0 aromatic heterocycles. The van der Waals surface area contributed by atoms with Gasteiger partial charge in [-0.15, -0.1) is 0 Å². The third-order valence-electron chi connectivity index (χ3n) is 3.89. The van der Waals surface area contributed by atoms with Crippen molar-refractivity contribution in [3.63, 3.8) is 0 Å². The van der Waals surface area contributed by atoms with E-state index in [1.807, 2.05) is 69.3 Å². The Labute approximate surface area is 132 Å². The minimum absolute atomic E-state index is 0.0432. The van der Waals surface area contributed by atoms with Gasteiger partial charge in [0.05, 0.1) is 6.04 Å². The second-order valence-electron chi connectivity index (χ2n) is 5.60. The molecule has 0 saturated heterocycles. The molecule has 0 unspecified atom stereocenters. The molecule has 0 spiro atoms. The molecule has 2 aromatic rings. The van der Waals surface area contributed by atoms with Crippen LogP contribution in [0.2, 0.25) is 0 Å². The molecule has 2 atom stereocenters. The average Bonchev–Trinajstić information content (AvgIpc) is 2.52. The van der Waals surface area contributed by atoms with Crippen LogP contribution in [0.1, 0.15) is 36.6 Å². The summed E-state index contributed by atoms with van der Waals surface area (Å²) in [5, 5.41) is 2.99. The number of hydrogen-bond donors (Lipinski definition) is 1. The fourth-order valence-corrected chi connectivity index (χ4v) is 2.25. The van der Waals surface area contributed by atoms with E-state index in [0.29, 0.717) is 0 Å². The van der Waals surface area contributed by atoms with Crippen LogP contribution >= 0.6 is 0 Å². The van der Waals surface area contributed by atoms with Gasteiger partial charge in [-0.1, -0.05) is 42.5 Å². The Kier molecular flexibility index (Phi) is 5.21. The standard InChI is InChI=1S/C19H23NO2/c1-13-9-8-12-18(14(13)2)22-16(4)19(21)20-15(3)17-10-6-5-7-11-17/h5-12,15-16H,1-4H3,(H,20,21)/t15-,16-/m0/s1. The molecule has 2 rings (SSSR count).